The minimum absolute atomic E-state index is 0.00106. The zero-order valence-electron chi connectivity index (χ0n) is 75.8. The van der Waals surface area contributed by atoms with Crippen LogP contribution in [-0.4, -0.2) is 272 Å². The molecule has 0 spiro atoms. The number of ketones is 2. The van der Waals surface area contributed by atoms with Crippen molar-refractivity contribution in [2.75, 3.05) is 150 Å². The number of nitrogen functional groups attached to an aromatic ring is 2. The summed E-state index contributed by atoms with van der Waals surface area (Å²) in [6.45, 7) is 20.1. The molecule has 3 aromatic carbocycles. The molecule has 40 nitrogen and oxygen atoms in total. The summed E-state index contributed by atoms with van der Waals surface area (Å²) in [6.07, 6.45) is 10.4. The van der Waals surface area contributed by atoms with E-state index < -0.39 is 30.0 Å². The Bertz CT molecular complexity index is 5250. The number of aromatic nitrogens is 12. The van der Waals surface area contributed by atoms with Crippen molar-refractivity contribution in [2.45, 2.75) is 170 Å². The number of fused-ring (bicyclic) bond motifs is 2. The fraction of sp³-hybridized carbons (Fsp3) is 0.538. The van der Waals surface area contributed by atoms with Gasteiger partial charge in [0, 0.05) is 107 Å². The number of nitrogens with zero attached hydrogens (tertiary/aromatic N) is 12. The van der Waals surface area contributed by atoms with E-state index in [2.05, 4.69) is 51.2 Å². The first-order chi connectivity index (χ1) is 63.3. The first-order valence-corrected chi connectivity index (χ1v) is 44.8. The molecule has 2 fully saturated rings. The van der Waals surface area contributed by atoms with Crippen molar-refractivity contribution in [3.63, 3.8) is 0 Å². The molecule has 0 saturated heterocycles. The fourth-order valence-electron chi connectivity index (χ4n) is 14.6. The maximum absolute atomic E-state index is 13.9. The van der Waals surface area contributed by atoms with E-state index in [0.717, 1.165) is 77.7 Å². The highest BCUT2D eigenvalue weighted by molar-refractivity contribution is 5.93. The minimum Gasteiger partial charge on any atom is -0.445 e. The van der Waals surface area contributed by atoms with Gasteiger partial charge in [0.1, 0.15) is 35.1 Å². The maximum Gasteiger partial charge on any atom is 0.410 e. The molecule has 0 radical (unpaired) electrons. The van der Waals surface area contributed by atoms with E-state index in [9.17, 15) is 47.9 Å². The topological polar surface area (TPSA) is 515 Å². The number of primary amides is 1. The lowest BCUT2D eigenvalue weighted by Crippen LogP contribution is -2.46. The molecule has 7 amide bonds. The Hall–Kier alpha value is -12.2. The number of anilines is 2. The number of amides is 7. The number of nitrogens with one attached hydrogen (secondary N) is 6. The van der Waals surface area contributed by atoms with Crippen LogP contribution < -0.4 is 49.8 Å². The van der Waals surface area contributed by atoms with Crippen LogP contribution in [0.3, 0.4) is 0 Å². The molecule has 11 rings (SSSR count). The number of carbonyl (C=O) groups is 8. The van der Waals surface area contributed by atoms with Gasteiger partial charge in [0.25, 0.3) is 0 Å². The third-order valence-electron chi connectivity index (χ3n) is 22.2. The minimum atomic E-state index is -0.895. The van der Waals surface area contributed by atoms with Gasteiger partial charge in [-0.05, 0) is 106 Å². The lowest BCUT2D eigenvalue weighted by molar-refractivity contribution is -0.137. The summed E-state index contributed by atoms with van der Waals surface area (Å²) in [5.74, 6) is -0.338. The highest BCUT2D eigenvalue weighted by Crippen LogP contribution is 2.29. The molecule has 0 bridgehead atoms. The maximum atomic E-state index is 13.9. The van der Waals surface area contributed by atoms with Crippen LogP contribution in [0.4, 0.5) is 21.2 Å². The molecule has 0 aliphatic heterocycles. The number of aromatic amines is 2. The smallest absolute Gasteiger partial charge is 0.410 e. The molecule has 9 aromatic rings. The van der Waals surface area contributed by atoms with Crippen LogP contribution in [0.2, 0.25) is 0 Å². The zero-order chi connectivity index (χ0) is 93.4. The van der Waals surface area contributed by atoms with Crippen LogP contribution in [0.1, 0.15) is 132 Å². The Balaban J connectivity index is 0.000000300. The molecular formula is C91H127N21O19. The first-order valence-electron chi connectivity index (χ1n) is 44.8. The predicted octanol–water partition coefficient (Wildman–Crippen LogP) is 5.88. The summed E-state index contributed by atoms with van der Waals surface area (Å²) in [6, 6.07) is 25.5. The normalized spacial score (nSPS) is 13.1. The summed E-state index contributed by atoms with van der Waals surface area (Å²) in [5.41, 5.74) is 25.1. The van der Waals surface area contributed by atoms with Gasteiger partial charge >= 0.3 is 23.5 Å². The summed E-state index contributed by atoms with van der Waals surface area (Å²) in [4.78, 5) is 152. The summed E-state index contributed by atoms with van der Waals surface area (Å²) < 4.78 is 56.5. The van der Waals surface area contributed by atoms with Crippen LogP contribution in [-0.2, 0) is 111 Å². The molecular weight excluding hydrogens is 1690 g/mol. The third kappa shape index (κ3) is 33.3. The van der Waals surface area contributed by atoms with Gasteiger partial charge in [0.2, 0.25) is 23.6 Å². The molecule has 2 aliphatic carbocycles. The Morgan fingerprint density at radius 2 is 0.931 bits per heavy atom. The van der Waals surface area contributed by atoms with Crippen molar-refractivity contribution in [3.8, 4) is 22.5 Å². The Kier molecular flexibility index (Phi) is 41.0. The van der Waals surface area contributed by atoms with Crippen LogP contribution >= 0.6 is 0 Å². The van der Waals surface area contributed by atoms with Gasteiger partial charge < -0.3 is 101 Å². The van der Waals surface area contributed by atoms with Gasteiger partial charge in [-0.1, -0.05) is 86.6 Å². The van der Waals surface area contributed by atoms with E-state index in [1.165, 1.54) is 18.4 Å². The molecule has 12 N–H and O–H groups in total. The average Bonchev–Trinajstić information content (AvgIpc) is 1.64. The molecule has 0 unspecified atom stereocenters. The number of carbonyl (C=O) groups excluding carboxylic acids is 8. The number of rotatable bonds is 58. The fourth-order valence-corrected chi connectivity index (χ4v) is 14.6. The highest BCUT2D eigenvalue weighted by Gasteiger charge is 2.33. The third-order valence-corrected chi connectivity index (χ3v) is 22.2. The van der Waals surface area contributed by atoms with Crippen LogP contribution in [0.25, 0.3) is 44.8 Å². The van der Waals surface area contributed by atoms with Crippen molar-refractivity contribution in [3.05, 3.63) is 152 Å². The Morgan fingerprint density at radius 1 is 0.511 bits per heavy atom. The van der Waals surface area contributed by atoms with Gasteiger partial charge in [-0.25, -0.2) is 39.1 Å². The van der Waals surface area contributed by atoms with Crippen molar-refractivity contribution >= 4 is 81.3 Å². The summed E-state index contributed by atoms with van der Waals surface area (Å²) >= 11 is 0. The quantitative estimate of drug-likeness (QED) is 0.0201. The van der Waals surface area contributed by atoms with E-state index in [-0.39, 0.29) is 122 Å². The summed E-state index contributed by atoms with van der Waals surface area (Å²) in [5, 5.41) is 20.3. The number of hydrogen-bond acceptors (Lipinski definition) is 27. The Morgan fingerprint density at radius 3 is 1.37 bits per heavy atom. The standard InChI is InChI=1S/C56H78N12O12.C35H49N9O7/c1-37(2)46(34-45(70)19-25-76-27-29-78-31-32-79-30-28-77-26-21-59-39(4)69)53(72)63-48(9-6-20-60-54(58)73)49(71)33-40-10-12-42(13-11-40)36-80-56(75)67(44-7-5-8-44)24-23-66-22-18-47(65-66)43-16-14-41(15-17-43)35-68-52-50(64-55(68)74)51(57)61-38(3)62-52;1-25-38-33(36)32-34(39-25)44(35(47)40-32)24-27-6-8-28(9-7-27)30-10-13-42(41-30)14-15-43(29-4-3-5-29)31(46)11-16-48-18-20-50-22-23-51-21-19-49-17-12-37-26(2)45/h10-18,22,37,44,46,48H,5-9,19-21,23-36H2,1-4H3,(H,59,69)(H,63,72)(H,64,74)(H2,57,61,62)(H3,58,60,73);6-10,13,29H,3-5,11-12,14-24H2,1-2H3,(H,37,45)(H,40,47)(H2,36,38,39)/t46-,48-;/m0./s1. The molecule has 710 valence electrons. The van der Waals surface area contributed by atoms with E-state index >= 15 is 0 Å². The van der Waals surface area contributed by atoms with E-state index in [1.807, 2.05) is 96.5 Å². The lowest BCUT2D eigenvalue weighted by Gasteiger charge is -2.37. The monoisotopic (exact) mass is 1820 g/mol. The molecule has 6 aromatic heterocycles. The molecule has 40 heteroatoms. The van der Waals surface area contributed by atoms with Gasteiger partial charge in [0.15, 0.2) is 28.7 Å². The number of H-pyrrole nitrogens is 2. The summed E-state index contributed by atoms with van der Waals surface area (Å²) in [7, 11) is 0. The number of aryl methyl sites for hydroxylation is 2. The predicted molar refractivity (Wildman–Crippen MR) is 487 cm³/mol. The molecule has 131 heavy (non-hydrogen) atoms. The van der Waals surface area contributed by atoms with Crippen molar-refractivity contribution < 1.29 is 81.0 Å². The van der Waals surface area contributed by atoms with Crippen molar-refractivity contribution in [1.29, 1.82) is 0 Å². The van der Waals surface area contributed by atoms with Crippen LogP contribution in [0.15, 0.2) is 107 Å². The number of Topliss-reactive ketones (excluding diaryl/α,β-unsaturated/α-hetero) is 2. The van der Waals surface area contributed by atoms with Gasteiger partial charge in [-0.2, -0.15) is 10.2 Å². The number of imidazole rings is 2. The van der Waals surface area contributed by atoms with E-state index in [1.54, 1.807) is 52.3 Å². The lowest BCUT2D eigenvalue weighted by atomic mass is 9.88. The van der Waals surface area contributed by atoms with Crippen LogP contribution in [0.5, 0.6) is 0 Å². The number of urea groups is 1. The van der Waals surface area contributed by atoms with Crippen molar-refractivity contribution in [1.82, 2.24) is 89.7 Å². The highest BCUT2D eigenvalue weighted by atomic mass is 16.6. The molecule has 2 saturated carbocycles. The van der Waals surface area contributed by atoms with Gasteiger partial charge in [0.05, 0.1) is 156 Å². The molecule has 6 heterocycles. The second kappa shape index (κ2) is 53.2. The number of hydrogen-bond donors (Lipinski definition) is 9. The Labute approximate surface area is 760 Å². The van der Waals surface area contributed by atoms with Crippen LogP contribution in [0, 0.1) is 25.7 Å². The van der Waals surface area contributed by atoms with Gasteiger partial charge in [-0.3, -0.25) is 47.3 Å². The number of benzene rings is 3. The first kappa shape index (κ1) is 101. The zero-order valence-corrected chi connectivity index (χ0v) is 75.8. The largest absolute Gasteiger partial charge is 0.445 e. The second-order valence-corrected chi connectivity index (χ2v) is 32.5. The SMILES string of the molecule is CC(=O)NCCOCCOCCOCCOCCC(=O)C[C@H](C(=O)N[C@@H](CCCNC(N)=O)C(=O)Cc1ccc(COC(=O)N(CCn2ccc(-c3ccc(Cn4c(=O)[nH]c5c(N)nc(C)nc54)cc3)n2)C2CCC2)cc1)C(C)C.CC(=O)NCCOCCOCCOCCOCCC(=O)N(CCn1ccc(-c2ccc(Cn3c(=O)[nH]c4c(N)nc(C)nc43)cc2)n1)C1CCC1. The average molecular weight is 1820 g/mol. The van der Waals surface area contributed by atoms with Gasteiger partial charge in [-0.15, -0.1) is 0 Å². The molecule has 2 atom stereocenters. The number of ether oxygens (including phenoxy) is 9. The van der Waals surface area contributed by atoms with E-state index in [4.69, 9.17) is 70.0 Å². The molecule has 2 aliphatic rings. The second-order valence-electron chi connectivity index (χ2n) is 32.5. The van der Waals surface area contributed by atoms with Crippen molar-refractivity contribution in [2.24, 2.45) is 17.6 Å². The number of nitrogens with two attached hydrogens (primary N) is 3. The van der Waals surface area contributed by atoms with E-state index in [0.29, 0.717) is 197 Å².